The van der Waals surface area contributed by atoms with E-state index in [-0.39, 0.29) is 11.7 Å². The fraction of sp³-hybridized carbons (Fsp3) is 0.188. The summed E-state index contributed by atoms with van der Waals surface area (Å²) in [6.45, 7) is 2.28. The Morgan fingerprint density at radius 1 is 1.29 bits per heavy atom. The Bertz CT molecular complexity index is 656. The van der Waals surface area contributed by atoms with Crippen LogP contribution in [0, 0.1) is 10.5 Å². The van der Waals surface area contributed by atoms with Crippen LogP contribution in [-0.2, 0) is 6.42 Å². The molecule has 2 rings (SSSR count). The van der Waals surface area contributed by atoms with Crippen molar-refractivity contribution in [2.75, 3.05) is 6.54 Å². The molecule has 2 N–H and O–H groups in total. The van der Waals surface area contributed by atoms with Crippen molar-refractivity contribution >= 4 is 40.1 Å². The molecule has 2 aromatic rings. The van der Waals surface area contributed by atoms with Crippen molar-refractivity contribution in [3.05, 3.63) is 61.7 Å². The van der Waals surface area contributed by atoms with E-state index in [2.05, 4.69) is 27.9 Å². The van der Waals surface area contributed by atoms with Crippen LogP contribution < -0.4 is 5.32 Å². The monoisotopic (exact) mass is 415 g/mol. The Hall–Kier alpha value is -1.27. The number of phenolic OH excluding ortho intramolecular Hbond substituents is 1. The van der Waals surface area contributed by atoms with Gasteiger partial charge in [0.2, 0.25) is 0 Å². The molecule has 0 heterocycles. The number of rotatable bonds is 4. The molecule has 0 bridgehead atoms. The maximum absolute atomic E-state index is 12.1. The summed E-state index contributed by atoms with van der Waals surface area (Å²) in [5.41, 5.74) is 2.11. The third-order valence-corrected chi connectivity index (χ3v) is 4.00. The predicted octanol–water partition coefficient (Wildman–Crippen LogP) is 3.93. The lowest BCUT2D eigenvalue weighted by Gasteiger charge is -2.09. The highest BCUT2D eigenvalue weighted by atomic mass is 127. The minimum Gasteiger partial charge on any atom is -0.507 e. The van der Waals surface area contributed by atoms with Crippen LogP contribution in [0.1, 0.15) is 21.5 Å². The summed E-state index contributed by atoms with van der Waals surface area (Å²) < 4.78 is 0.922. The first-order valence-corrected chi connectivity index (χ1v) is 7.95. The van der Waals surface area contributed by atoms with Gasteiger partial charge in [-0.1, -0.05) is 23.7 Å². The molecule has 21 heavy (non-hydrogen) atoms. The lowest BCUT2D eigenvalue weighted by molar-refractivity contribution is 0.0951. The molecule has 0 aliphatic carbocycles. The van der Waals surface area contributed by atoms with Gasteiger partial charge in [-0.25, -0.2) is 0 Å². The summed E-state index contributed by atoms with van der Waals surface area (Å²) in [6, 6.07) is 11.0. The van der Waals surface area contributed by atoms with Crippen LogP contribution in [0.4, 0.5) is 0 Å². The van der Waals surface area contributed by atoms with E-state index in [0.29, 0.717) is 29.1 Å². The van der Waals surface area contributed by atoms with Gasteiger partial charge in [0.25, 0.3) is 5.91 Å². The van der Waals surface area contributed by atoms with Gasteiger partial charge in [-0.15, -0.1) is 0 Å². The molecule has 0 saturated carbocycles. The lowest BCUT2D eigenvalue weighted by Crippen LogP contribution is -2.26. The maximum Gasteiger partial charge on any atom is 0.255 e. The standard InChI is InChI=1S/C16H15ClINO2/c1-10-8-13(18)9-14(15(10)20)16(21)19-7-6-11-2-4-12(17)5-3-11/h2-5,8-9,20H,6-7H2,1H3,(H,19,21). The number of amides is 1. The lowest BCUT2D eigenvalue weighted by atomic mass is 10.1. The zero-order chi connectivity index (χ0) is 15.4. The maximum atomic E-state index is 12.1. The summed E-state index contributed by atoms with van der Waals surface area (Å²) in [5.74, 6) is -0.220. The first-order valence-electron chi connectivity index (χ1n) is 6.49. The summed E-state index contributed by atoms with van der Waals surface area (Å²) in [7, 11) is 0. The van der Waals surface area contributed by atoms with Gasteiger partial charge in [-0.05, 0) is 71.3 Å². The first kappa shape index (κ1) is 16.1. The Morgan fingerprint density at radius 2 is 1.95 bits per heavy atom. The third-order valence-electron chi connectivity index (χ3n) is 3.12. The highest BCUT2D eigenvalue weighted by Crippen LogP contribution is 2.24. The molecule has 3 nitrogen and oxygen atoms in total. The Labute approximate surface area is 142 Å². The minimum absolute atomic E-state index is 0.0411. The topological polar surface area (TPSA) is 49.3 Å². The summed E-state index contributed by atoms with van der Waals surface area (Å²) in [4.78, 5) is 12.1. The van der Waals surface area contributed by atoms with Crippen LogP contribution in [0.3, 0.4) is 0 Å². The second-order valence-electron chi connectivity index (χ2n) is 4.75. The normalized spacial score (nSPS) is 10.4. The van der Waals surface area contributed by atoms with Crippen molar-refractivity contribution in [2.24, 2.45) is 0 Å². The van der Waals surface area contributed by atoms with Crippen molar-refractivity contribution < 1.29 is 9.90 Å². The molecule has 0 unspecified atom stereocenters. The average Bonchev–Trinajstić information content (AvgIpc) is 2.44. The third kappa shape index (κ3) is 4.35. The second-order valence-corrected chi connectivity index (χ2v) is 6.43. The van der Waals surface area contributed by atoms with Crippen molar-refractivity contribution in [3.8, 4) is 5.75 Å². The smallest absolute Gasteiger partial charge is 0.255 e. The van der Waals surface area contributed by atoms with Gasteiger partial charge in [0.15, 0.2) is 0 Å². The zero-order valence-corrected chi connectivity index (χ0v) is 14.4. The minimum atomic E-state index is -0.261. The van der Waals surface area contributed by atoms with Gasteiger partial charge < -0.3 is 10.4 Å². The van der Waals surface area contributed by atoms with Gasteiger partial charge in [0.1, 0.15) is 5.75 Å². The van der Waals surface area contributed by atoms with Crippen LogP contribution in [0.5, 0.6) is 5.75 Å². The van der Waals surface area contributed by atoms with E-state index < -0.39 is 0 Å². The molecule has 0 spiro atoms. The van der Waals surface area contributed by atoms with Gasteiger partial charge >= 0.3 is 0 Å². The number of hydrogen-bond donors (Lipinski definition) is 2. The second kappa shape index (κ2) is 7.13. The van der Waals surface area contributed by atoms with E-state index >= 15 is 0 Å². The molecular weight excluding hydrogens is 401 g/mol. The van der Waals surface area contributed by atoms with E-state index in [0.717, 1.165) is 9.13 Å². The molecule has 2 aromatic carbocycles. The number of carbonyl (C=O) groups is 1. The molecule has 0 fully saturated rings. The largest absolute Gasteiger partial charge is 0.507 e. The molecule has 1 amide bonds. The highest BCUT2D eigenvalue weighted by molar-refractivity contribution is 14.1. The Balaban J connectivity index is 1.97. The van der Waals surface area contributed by atoms with Crippen LogP contribution in [0.15, 0.2) is 36.4 Å². The summed E-state index contributed by atoms with van der Waals surface area (Å²) in [6.07, 6.45) is 0.715. The van der Waals surface area contributed by atoms with E-state index in [1.807, 2.05) is 30.3 Å². The zero-order valence-electron chi connectivity index (χ0n) is 11.5. The first-order chi connectivity index (χ1) is 9.97. The number of carbonyl (C=O) groups excluding carboxylic acids is 1. The molecular formula is C16H15ClINO2. The van der Waals surface area contributed by atoms with Crippen molar-refractivity contribution in [3.63, 3.8) is 0 Å². The molecule has 0 radical (unpaired) electrons. The molecule has 0 aromatic heterocycles. The number of hydrogen-bond acceptors (Lipinski definition) is 2. The number of halogens is 2. The summed E-state index contributed by atoms with van der Waals surface area (Å²) in [5, 5.41) is 13.5. The van der Waals surface area contributed by atoms with Crippen LogP contribution in [-0.4, -0.2) is 17.6 Å². The fourth-order valence-corrected chi connectivity index (χ4v) is 2.88. The van der Waals surface area contributed by atoms with Crippen molar-refractivity contribution in [2.45, 2.75) is 13.3 Å². The fourth-order valence-electron chi connectivity index (χ4n) is 1.98. The molecule has 110 valence electrons. The van der Waals surface area contributed by atoms with Crippen LogP contribution >= 0.6 is 34.2 Å². The quantitative estimate of drug-likeness (QED) is 0.744. The average molecular weight is 416 g/mol. The van der Waals surface area contributed by atoms with Gasteiger partial charge in [-0.3, -0.25) is 4.79 Å². The highest BCUT2D eigenvalue weighted by Gasteiger charge is 2.13. The van der Waals surface area contributed by atoms with Gasteiger partial charge in [0, 0.05) is 15.1 Å². The van der Waals surface area contributed by atoms with Crippen molar-refractivity contribution in [1.82, 2.24) is 5.32 Å². The number of benzene rings is 2. The number of aromatic hydroxyl groups is 1. The van der Waals surface area contributed by atoms with E-state index in [1.54, 1.807) is 13.0 Å². The Kier molecular flexibility index (Phi) is 5.47. The Morgan fingerprint density at radius 3 is 2.62 bits per heavy atom. The number of aryl methyl sites for hydroxylation is 1. The predicted molar refractivity (Wildman–Crippen MR) is 93.1 cm³/mol. The number of nitrogens with one attached hydrogen (secondary N) is 1. The molecule has 0 aliphatic rings. The van der Waals surface area contributed by atoms with E-state index in [4.69, 9.17) is 11.6 Å². The molecule has 0 saturated heterocycles. The molecule has 0 aliphatic heterocycles. The molecule has 0 atom stereocenters. The SMILES string of the molecule is Cc1cc(I)cc(C(=O)NCCc2ccc(Cl)cc2)c1O. The van der Waals surface area contributed by atoms with E-state index in [1.165, 1.54) is 0 Å². The van der Waals surface area contributed by atoms with Crippen LogP contribution in [0.2, 0.25) is 5.02 Å². The van der Waals surface area contributed by atoms with Gasteiger partial charge in [-0.2, -0.15) is 0 Å². The van der Waals surface area contributed by atoms with Crippen molar-refractivity contribution in [1.29, 1.82) is 0 Å². The van der Waals surface area contributed by atoms with E-state index in [9.17, 15) is 9.90 Å². The van der Waals surface area contributed by atoms with Gasteiger partial charge in [0.05, 0.1) is 5.56 Å². The number of phenols is 1. The molecule has 5 heteroatoms. The summed E-state index contributed by atoms with van der Waals surface area (Å²) >= 11 is 7.95. The van der Waals surface area contributed by atoms with Crippen LogP contribution in [0.25, 0.3) is 0 Å².